The molecule has 1 N–H and O–H groups in total. The summed E-state index contributed by atoms with van der Waals surface area (Å²) in [5.74, 6) is 1.18. The fraction of sp³-hybridized carbons (Fsp3) is 0.273. The van der Waals surface area contributed by atoms with E-state index < -0.39 is 5.91 Å². The Bertz CT molecular complexity index is 836. The molecule has 1 amide bonds. The van der Waals surface area contributed by atoms with Gasteiger partial charge in [-0.2, -0.15) is 5.26 Å². The van der Waals surface area contributed by atoms with Crippen molar-refractivity contribution in [2.75, 3.05) is 13.7 Å². The second-order valence-electron chi connectivity index (χ2n) is 6.45. The van der Waals surface area contributed by atoms with Crippen molar-refractivity contribution >= 4 is 12.0 Å². The molecule has 2 rings (SSSR count). The molecule has 5 heteroatoms. The third-order valence-corrected chi connectivity index (χ3v) is 3.73. The van der Waals surface area contributed by atoms with Gasteiger partial charge in [-0.3, -0.25) is 4.79 Å². The van der Waals surface area contributed by atoms with E-state index in [-0.39, 0.29) is 5.57 Å². The van der Waals surface area contributed by atoms with Gasteiger partial charge in [0, 0.05) is 6.54 Å². The van der Waals surface area contributed by atoms with Gasteiger partial charge in [-0.25, -0.2) is 0 Å². The molecule has 0 radical (unpaired) electrons. The molecular formula is C22H24N2O3. The molecule has 0 aliphatic heterocycles. The van der Waals surface area contributed by atoms with Crippen molar-refractivity contribution in [3.63, 3.8) is 0 Å². The zero-order valence-corrected chi connectivity index (χ0v) is 15.9. The summed E-state index contributed by atoms with van der Waals surface area (Å²) in [6.07, 6.45) is 1.54. The highest BCUT2D eigenvalue weighted by atomic mass is 16.5. The normalized spacial score (nSPS) is 11.0. The number of ether oxygens (including phenoxy) is 2. The first-order chi connectivity index (χ1) is 13.0. The number of carbonyl (C=O) groups excluding carboxylic acids is 1. The lowest BCUT2D eigenvalue weighted by Gasteiger charge is -2.13. The molecule has 0 bridgehead atoms. The van der Waals surface area contributed by atoms with Gasteiger partial charge in [-0.1, -0.05) is 50.2 Å². The van der Waals surface area contributed by atoms with Crippen molar-refractivity contribution in [3.05, 3.63) is 65.2 Å². The molecule has 0 heterocycles. The average Bonchev–Trinajstić information content (AvgIpc) is 2.69. The highest BCUT2D eigenvalue weighted by molar-refractivity contribution is 6.01. The molecule has 0 aromatic heterocycles. The van der Waals surface area contributed by atoms with Crippen molar-refractivity contribution in [3.8, 4) is 17.6 Å². The van der Waals surface area contributed by atoms with Crippen LogP contribution in [0.4, 0.5) is 0 Å². The fourth-order valence-electron chi connectivity index (χ4n) is 2.34. The topological polar surface area (TPSA) is 71.3 Å². The molecule has 2 aromatic carbocycles. The molecule has 0 saturated carbocycles. The maximum absolute atomic E-state index is 12.3. The Morgan fingerprint density at radius 3 is 2.56 bits per heavy atom. The molecule has 0 atom stereocenters. The molecule has 5 nitrogen and oxygen atoms in total. The van der Waals surface area contributed by atoms with Gasteiger partial charge >= 0.3 is 0 Å². The molecule has 0 spiro atoms. The van der Waals surface area contributed by atoms with Crippen LogP contribution in [0, 0.1) is 17.2 Å². The number of nitrogens with zero attached hydrogens (tertiary/aromatic N) is 1. The van der Waals surface area contributed by atoms with Gasteiger partial charge in [-0.05, 0) is 35.3 Å². The first kappa shape index (κ1) is 20.1. The smallest absolute Gasteiger partial charge is 0.262 e. The van der Waals surface area contributed by atoms with Crippen LogP contribution in [0.2, 0.25) is 0 Å². The Morgan fingerprint density at radius 1 is 1.19 bits per heavy atom. The van der Waals surface area contributed by atoms with Crippen LogP contribution >= 0.6 is 0 Å². The standard InChI is InChI=1S/C22H24N2O3/c1-16(2)15-27-20-10-9-18(12-21(20)26-3)11-19(13-23)22(25)24-14-17-7-5-4-6-8-17/h4-12,16H,14-15H2,1-3H3,(H,24,25)/b19-11+. The number of nitriles is 1. The molecule has 27 heavy (non-hydrogen) atoms. The van der Waals surface area contributed by atoms with Crippen molar-refractivity contribution in [2.24, 2.45) is 5.92 Å². The monoisotopic (exact) mass is 364 g/mol. The second-order valence-corrected chi connectivity index (χ2v) is 6.45. The molecule has 140 valence electrons. The van der Waals surface area contributed by atoms with Crippen LogP contribution in [0.5, 0.6) is 11.5 Å². The van der Waals surface area contributed by atoms with Crippen LogP contribution < -0.4 is 14.8 Å². The molecule has 2 aromatic rings. The number of benzene rings is 2. The first-order valence-electron chi connectivity index (χ1n) is 8.78. The van der Waals surface area contributed by atoms with E-state index in [0.29, 0.717) is 36.1 Å². The van der Waals surface area contributed by atoms with Crippen molar-refractivity contribution in [1.29, 1.82) is 5.26 Å². The van der Waals surface area contributed by atoms with Crippen LogP contribution in [0.25, 0.3) is 6.08 Å². The minimum Gasteiger partial charge on any atom is -0.493 e. The SMILES string of the molecule is COc1cc(/C=C(\C#N)C(=O)NCc2ccccc2)ccc1OCC(C)C. The van der Waals surface area contributed by atoms with E-state index >= 15 is 0 Å². The summed E-state index contributed by atoms with van der Waals surface area (Å²) in [7, 11) is 1.56. The van der Waals surface area contributed by atoms with E-state index in [1.807, 2.05) is 36.4 Å². The molecule has 0 unspecified atom stereocenters. The van der Waals surface area contributed by atoms with Crippen LogP contribution in [0.15, 0.2) is 54.1 Å². The number of rotatable bonds is 8. The van der Waals surface area contributed by atoms with Gasteiger partial charge in [0.25, 0.3) is 5.91 Å². The van der Waals surface area contributed by atoms with E-state index in [9.17, 15) is 10.1 Å². The number of amides is 1. The number of carbonyl (C=O) groups is 1. The average molecular weight is 364 g/mol. The second kappa shape index (κ2) is 10.0. The maximum Gasteiger partial charge on any atom is 0.262 e. The first-order valence-corrected chi connectivity index (χ1v) is 8.78. The lowest BCUT2D eigenvalue weighted by molar-refractivity contribution is -0.117. The Hall–Kier alpha value is -3.26. The van der Waals surface area contributed by atoms with Gasteiger partial charge < -0.3 is 14.8 Å². The van der Waals surface area contributed by atoms with E-state index in [1.165, 1.54) is 6.08 Å². The molecule has 0 aliphatic carbocycles. The molecular weight excluding hydrogens is 340 g/mol. The third-order valence-electron chi connectivity index (χ3n) is 3.73. The summed E-state index contributed by atoms with van der Waals surface area (Å²) < 4.78 is 11.1. The van der Waals surface area contributed by atoms with Gasteiger partial charge in [0.05, 0.1) is 13.7 Å². The number of nitrogens with one attached hydrogen (secondary N) is 1. The fourth-order valence-corrected chi connectivity index (χ4v) is 2.34. The predicted octanol–water partition coefficient (Wildman–Crippen LogP) is 3.95. The highest BCUT2D eigenvalue weighted by Crippen LogP contribution is 2.29. The van der Waals surface area contributed by atoms with E-state index in [4.69, 9.17) is 9.47 Å². The van der Waals surface area contributed by atoms with Crippen molar-refractivity contribution in [1.82, 2.24) is 5.32 Å². The zero-order valence-electron chi connectivity index (χ0n) is 15.9. The third kappa shape index (κ3) is 6.19. The highest BCUT2D eigenvalue weighted by Gasteiger charge is 2.11. The lowest BCUT2D eigenvalue weighted by Crippen LogP contribution is -2.23. The predicted molar refractivity (Wildman–Crippen MR) is 105 cm³/mol. The Labute approximate surface area is 160 Å². The van der Waals surface area contributed by atoms with Crippen LogP contribution in [-0.4, -0.2) is 19.6 Å². The Morgan fingerprint density at radius 2 is 1.93 bits per heavy atom. The largest absolute Gasteiger partial charge is 0.493 e. The van der Waals surface area contributed by atoms with E-state index in [2.05, 4.69) is 19.2 Å². The minimum absolute atomic E-state index is 0.0313. The molecule has 0 fully saturated rings. The van der Waals surface area contributed by atoms with Crippen LogP contribution in [0.3, 0.4) is 0 Å². The Balaban J connectivity index is 2.11. The van der Waals surface area contributed by atoms with Gasteiger partial charge in [0.1, 0.15) is 11.6 Å². The van der Waals surface area contributed by atoms with Crippen LogP contribution in [-0.2, 0) is 11.3 Å². The summed E-state index contributed by atoms with van der Waals surface area (Å²) in [6.45, 7) is 5.08. The zero-order chi connectivity index (χ0) is 19.6. The lowest BCUT2D eigenvalue weighted by atomic mass is 10.1. The summed E-state index contributed by atoms with van der Waals surface area (Å²) in [5, 5.41) is 12.1. The summed E-state index contributed by atoms with van der Waals surface area (Å²) in [6, 6.07) is 16.8. The molecule has 0 saturated heterocycles. The van der Waals surface area contributed by atoms with Crippen molar-refractivity contribution in [2.45, 2.75) is 20.4 Å². The van der Waals surface area contributed by atoms with E-state index in [0.717, 1.165) is 5.56 Å². The Kier molecular flexibility index (Phi) is 7.45. The quantitative estimate of drug-likeness (QED) is 0.569. The number of methoxy groups -OCH3 is 1. The minimum atomic E-state index is -0.416. The maximum atomic E-state index is 12.3. The summed E-state index contributed by atoms with van der Waals surface area (Å²) in [5.41, 5.74) is 1.69. The number of hydrogen-bond donors (Lipinski definition) is 1. The van der Waals surface area contributed by atoms with Gasteiger partial charge in [0.2, 0.25) is 0 Å². The van der Waals surface area contributed by atoms with Crippen molar-refractivity contribution < 1.29 is 14.3 Å². The van der Waals surface area contributed by atoms with E-state index in [1.54, 1.807) is 25.3 Å². The number of hydrogen-bond acceptors (Lipinski definition) is 4. The summed E-state index contributed by atoms with van der Waals surface area (Å²) >= 11 is 0. The van der Waals surface area contributed by atoms with Gasteiger partial charge in [0.15, 0.2) is 11.5 Å². The van der Waals surface area contributed by atoms with Crippen LogP contribution in [0.1, 0.15) is 25.0 Å². The summed E-state index contributed by atoms with van der Waals surface area (Å²) in [4.78, 5) is 12.3. The molecule has 0 aliphatic rings. The van der Waals surface area contributed by atoms with Gasteiger partial charge in [-0.15, -0.1) is 0 Å².